The summed E-state index contributed by atoms with van der Waals surface area (Å²) in [4.78, 5) is 23.1. The summed E-state index contributed by atoms with van der Waals surface area (Å²) >= 11 is 3.32. The van der Waals surface area contributed by atoms with Crippen molar-refractivity contribution < 1.29 is 9.59 Å². The third-order valence-electron chi connectivity index (χ3n) is 2.84. The Balaban J connectivity index is 2.03. The Hall–Kier alpha value is -1.56. The maximum atomic E-state index is 12.1. The Bertz CT molecular complexity index is 480. The lowest BCUT2D eigenvalue weighted by Gasteiger charge is -2.23. The van der Waals surface area contributed by atoms with E-state index in [1.807, 2.05) is 0 Å². The lowest BCUT2D eigenvalue weighted by atomic mass is 10.1. The molecule has 96 valence electrons. The maximum Gasteiger partial charge on any atom is 0.252 e. The van der Waals surface area contributed by atoms with Gasteiger partial charge in [0.25, 0.3) is 5.91 Å². The van der Waals surface area contributed by atoms with Crippen molar-refractivity contribution in [2.75, 3.05) is 12.3 Å². The highest BCUT2D eigenvalue weighted by atomic mass is 79.9. The fraction of sp³-hybridized carbons (Fsp3) is 0.333. The SMILES string of the molecule is Nc1ccc(Br)c(C(=O)NC2CCC(=O)NC2)c1. The quantitative estimate of drug-likeness (QED) is 0.714. The summed E-state index contributed by atoms with van der Waals surface area (Å²) < 4.78 is 0.703. The predicted molar refractivity (Wildman–Crippen MR) is 72.1 cm³/mol. The molecule has 0 saturated carbocycles. The highest BCUT2D eigenvalue weighted by Crippen LogP contribution is 2.19. The summed E-state index contributed by atoms with van der Waals surface area (Å²) in [7, 11) is 0. The largest absolute Gasteiger partial charge is 0.399 e. The van der Waals surface area contributed by atoms with Gasteiger partial charge in [0.2, 0.25) is 5.91 Å². The molecule has 1 aliphatic rings. The molecule has 1 unspecified atom stereocenters. The second-order valence-corrected chi connectivity index (χ2v) is 5.11. The number of nitrogens with two attached hydrogens (primary N) is 1. The topological polar surface area (TPSA) is 84.2 Å². The number of halogens is 1. The van der Waals surface area contributed by atoms with Crippen LogP contribution < -0.4 is 16.4 Å². The molecule has 1 heterocycles. The van der Waals surface area contributed by atoms with E-state index in [1.165, 1.54) is 0 Å². The number of benzene rings is 1. The molecule has 1 fully saturated rings. The van der Waals surface area contributed by atoms with Gasteiger partial charge < -0.3 is 16.4 Å². The molecular formula is C12H14BrN3O2. The first kappa shape index (κ1) is 12.9. The number of rotatable bonds is 2. The van der Waals surface area contributed by atoms with Crippen LogP contribution in [0.5, 0.6) is 0 Å². The summed E-state index contributed by atoms with van der Waals surface area (Å²) in [5.74, 6) is -0.152. The lowest BCUT2D eigenvalue weighted by molar-refractivity contribution is -0.122. The van der Waals surface area contributed by atoms with Gasteiger partial charge in [0.15, 0.2) is 0 Å². The minimum absolute atomic E-state index is 0.0245. The van der Waals surface area contributed by atoms with E-state index in [9.17, 15) is 9.59 Å². The van der Waals surface area contributed by atoms with Gasteiger partial charge in [-0.05, 0) is 40.5 Å². The Kier molecular flexibility index (Phi) is 3.86. The van der Waals surface area contributed by atoms with Gasteiger partial charge in [-0.2, -0.15) is 0 Å². The van der Waals surface area contributed by atoms with Crippen LogP contribution in [0.3, 0.4) is 0 Å². The Morgan fingerprint density at radius 2 is 2.28 bits per heavy atom. The third kappa shape index (κ3) is 3.01. The number of nitrogens with one attached hydrogen (secondary N) is 2. The molecule has 5 nitrogen and oxygen atoms in total. The van der Waals surface area contributed by atoms with E-state index >= 15 is 0 Å². The first-order valence-corrected chi connectivity index (χ1v) is 6.48. The molecule has 1 saturated heterocycles. The lowest BCUT2D eigenvalue weighted by Crippen LogP contribution is -2.47. The number of amides is 2. The summed E-state index contributed by atoms with van der Waals surface area (Å²) in [5.41, 5.74) is 6.71. The molecule has 0 bridgehead atoms. The first-order valence-electron chi connectivity index (χ1n) is 5.69. The van der Waals surface area contributed by atoms with Crippen LogP contribution in [0.4, 0.5) is 5.69 Å². The number of piperidine rings is 1. The molecule has 2 rings (SSSR count). The molecule has 1 aromatic rings. The predicted octanol–water partition coefficient (Wildman–Crippen LogP) is 1.04. The van der Waals surface area contributed by atoms with Crippen molar-refractivity contribution in [2.45, 2.75) is 18.9 Å². The molecule has 1 aliphatic heterocycles. The van der Waals surface area contributed by atoms with Crippen molar-refractivity contribution in [3.8, 4) is 0 Å². The molecule has 2 amide bonds. The van der Waals surface area contributed by atoms with Crippen LogP contribution in [-0.2, 0) is 4.79 Å². The Labute approximate surface area is 113 Å². The van der Waals surface area contributed by atoms with Crippen LogP contribution in [-0.4, -0.2) is 24.4 Å². The molecule has 0 radical (unpaired) electrons. The number of anilines is 1. The summed E-state index contributed by atoms with van der Waals surface area (Å²) in [6.07, 6.45) is 1.11. The number of carbonyl (C=O) groups is 2. The van der Waals surface area contributed by atoms with E-state index < -0.39 is 0 Å². The van der Waals surface area contributed by atoms with Gasteiger partial charge >= 0.3 is 0 Å². The zero-order valence-corrected chi connectivity index (χ0v) is 11.3. The Morgan fingerprint density at radius 1 is 1.50 bits per heavy atom. The van der Waals surface area contributed by atoms with Crippen molar-refractivity contribution >= 4 is 33.4 Å². The van der Waals surface area contributed by atoms with Crippen LogP contribution in [0.2, 0.25) is 0 Å². The maximum absolute atomic E-state index is 12.1. The molecule has 6 heteroatoms. The molecule has 1 atom stereocenters. The number of nitrogen functional groups attached to an aromatic ring is 1. The van der Waals surface area contributed by atoms with Gasteiger partial charge in [-0.1, -0.05) is 0 Å². The van der Waals surface area contributed by atoms with E-state index in [-0.39, 0.29) is 17.9 Å². The van der Waals surface area contributed by atoms with Crippen LogP contribution in [0.1, 0.15) is 23.2 Å². The van der Waals surface area contributed by atoms with Gasteiger partial charge in [-0.3, -0.25) is 9.59 Å². The van der Waals surface area contributed by atoms with E-state index in [2.05, 4.69) is 26.6 Å². The fourth-order valence-electron chi connectivity index (χ4n) is 1.84. The molecular weight excluding hydrogens is 298 g/mol. The number of hydrogen-bond donors (Lipinski definition) is 3. The highest BCUT2D eigenvalue weighted by Gasteiger charge is 2.21. The van der Waals surface area contributed by atoms with Gasteiger partial charge in [0.05, 0.1) is 5.56 Å². The van der Waals surface area contributed by atoms with Crippen molar-refractivity contribution in [1.29, 1.82) is 0 Å². The van der Waals surface area contributed by atoms with Crippen molar-refractivity contribution in [1.82, 2.24) is 10.6 Å². The minimum atomic E-state index is -0.185. The first-order chi connectivity index (χ1) is 8.56. The van der Waals surface area contributed by atoms with Crippen LogP contribution >= 0.6 is 15.9 Å². The molecule has 0 aromatic heterocycles. The molecule has 4 N–H and O–H groups in total. The smallest absolute Gasteiger partial charge is 0.252 e. The molecule has 0 aliphatic carbocycles. The second-order valence-electron chi connectivity index (χ2n) is 4.25. The standard InChI is InChI=1S/C12H14BrN3O2/c13-10-3-1-7(14)5-9(10)12(18)16-8-2-4-11(17)15-6-8/h1,3,5,8H,2,4,6,14H2,(H,15,17)(H,16,18). The second kappa shape index (κ2) is 5.39. The molecule has 1 aromatic carbocycles. The van der Waals surface area contributed by atoms with Crippen LogP contribution in [0, 0.1) is 0 Å². The van der Waals surface area contributed by atoms with Crippen LogP contribution in [0.15, 0.2) is 22.7 Å². The van der Waals surface area contributed by atoms with E-state index in [1.54, 1.807) is 18.2 Å². The van der Waals surface area contributed by atoms with E-state index in [0.717, 1.165) is 0 Å². The monoisotopic (exact) mass is 311 g/mol. The van der Waals surface area contributed by atoms with Crippen molar-refractivity contribution in [2.24, 2.45) is 0 Å². The zero-order chi connectivity index (χ0) is 13.1. The van der Waals surface area contributed by atoms with Gasteiger partial charge in [0.1, 0.15) is 0 Å². The normalized spacial score (nSPS) is 19.2. The van der Waals surface area contributed by atoms with E-state index in [4.69, 9.17) is 5.73 Å². The Morgan fingerprint density at radius 3 is 2.94 bits per heavy atom. The third-order valence-corrected chi connectivity index (χ3v) is 3.53. The van der Waals surface area contributed by atoms with Crippen LogP contribution in [0.25, 0.3) is 0 Å². The van der Waals surface area contributed by atoms with Crippen molar-refractivity contribution in [3.63, 3.8) is 0 Å². The van der Waals surface area contributed by atoms with Crippen molar-refractivity contribution in [3.05, 3.63) is 28.2 Å². The minimum Gasteiger partial charge on any atom is -0.399 e. The van der Waals surface area contributed by atoms with Gasteiger partial charge in [-0.15, -0.1) is 0 Å². The highest BCUT2D eigenvalue weighted by molar-refractivity contribution is 9.10. The average molecular weight is 312 g/mol. The van der Waals surface area contributed by atoms with Gasteiger partial charge in [0, 0.05) is 29.2 Å². The zero-order valence-electron chi connectivity index (χ0n) is 9.70. The van der Waals surface area contributed by atoms with E-state index in [0.29, 0.717) is 35.1 Å². The summed E-state index contributed by atoms with van der Waals surface area (Å²) in [6.45, 7) is 0.477. The molecule has 0 spiro atoms. The number of hydrogen-bond acceptors (Lipinski definition) is 3. The molecule has 18 heavy (non-hydrogen) atoms. The average Bonchev–Trinajstić information content (AvgIpc) is 2.35. The van der Waals surface area contributed by atoms with Gasteiger partial charge in [-0.25, -0.2) is 0 Å². The number of carbonyl (C=O) groups excluding carboxylic acids is 2. The summed E-state index contributed by atoms with van der Waals surface area (Å²) in [6, 6.07) is 5.07. The fourth-order valence-corrected chi connectivity index (χ4v) is 2.26. The summed E-state index contributed by atoms with van der Waals surface area (Å²) in [5, 5.41) is 5.61.